The van der Waals surface area contributed by atoms with Crippen LogP contribution in [0, 0.1) is 0 Å². The normalized spacial score (nSPS) is 18.7. The molecule has 4 heteroatoms. The molecule has 0 amide bonds. The fraction of sp³-hybridized carbons (Fsp3) is 0.600. The number of ether oxygens (including phenoxy) is 2. The monoisotopic (exact) mass is 327 g/mol. The van der Waals surface area contributed by atoms with Crippen molar-refractivity contribution in [2.45, 2.75) is 37.3 Å². The van der Waals surface area contributed by atoms with Crippen LogP contribution in [0.5, 0.6) is 5.75 Å². The number of benzene rings is 1. The van der Waals surface area contributed by atoms with E-state index in [1.165, 1.54) is 12.0 Å². The molecular weight excluding hydrogens is 306 g/mol. The van der Waals surface area contributed by atoms with Gasteiger partial charge in [0, 0.05) is 23.2 Å². The minimum absolute atomic E-state index is 0.0427. The van der Waals surface area contributed by atoms with E-state index < -0.39 is 0 Å². The molecule has 0 bridgehead atoms. The van der Waals surface area contributed by atoms with Gasteiger partial charge in [0.15, 0.2) is 0 Å². The Morgan fingerprint density at radius 1 is 1.37 bits per heavy atom. The Kier molecular flexibility index (Phi) is 4.87. The third kappa shape index (κ3) is 3.12. The molecule has 106 valence electrons. The molecule has 0 heterocycles. The van der Waals surface area contributed by atoms with Crippen molar-refractivity contribution in [2.24, 2.45) is 0 Å². The third-order valence-electron chi connectivity index (χ3n) is 4.19. The molecule has 0 saturated heterocycles. The minimum Gasteiger partial charge on any atom is -0.496 e. The molecular formula is C15H22BrNO2. The van der Waals surface area contributed by atoms with Crippen molar-refractivity contribution in [1.29, 1.82) is 0 Å². The van der Waals surface area contributed by atoms with E-state index in [2.05, 4.69) is 27.3 Å². The van der Waals surface area contributed by atoms with Crippen LogP contribution in [0.1, 0.15) is 37.3 Å². The quantitative estimate of drug-likeness (QED) is 0.864. The van der Waals surface area contributed by atoms with Gasteiger partial charge in [0.05, 0.1) is 12.7 Å². The molecule has 1 aromatic carbocycles. The molecule has 1 aliphatic carbocycles. The van der Waals surface area contributed by atoms with Crippen LogP contribution < -0.4 is 10.1 Å². The molecule has 1 unspecified atom stereocenters. The maximum Gasteiger partial charge on any atom is 0.123 e. The molecule has 1 aliphatic rings. The number of hydrogen-bond donors (Lipinski definition) is 1. The number of halogens is 1. The fourth-order valence-corrected chi connectivity index (χ4v) is 3.16. The predicted molar refractivity (Wildman–Crippen MR) is 80.7 cm³/mol. The van der Waals surface area contributed by atoms with E-state index in [1.807, 2.05) is 26.3 Å². The van der Waals surface area contributed by atoms with E-state index in [0.717, 1.165) is 29.5 Å². The summed E-state index contributed by atoms with van der Waals surface area (Å²) in [5.74, 6) is 0.924. The second-order valence-corrected chi connectivity index (χ2v) is 6.09. The summed E-state index contributed by atoms with van der Waals surface area (Å²) in [5, 5.41) is 3.40. The molecule has 1 saturated carbocycles. The van der Waals surface area contributed by atoms with E-state index in [9.17, 15) is 0 Å². The lowest BCUT2D eigenvalue weighted by Gasteiger charge is -2.43. The highest BCUT2D eigenvalue weighted by Crippen LogP contribution is 2.43. The van der Waals surface area contributed by atoms with Crippen LogP contribution in [0.25, 0.3) is 0 Å². The van der Waals surface area contributed by atoms with Gasteiger partial charge in [-0.1, -0.05) is 15.9 Å². The van der Waals surface area contributed by atoms with E-state index in [1.54, 1.807) is 7.11 Å². The van der Waals surface area contributed by atoms with Gasteiger partial charge in [-0.2, -0.15) is 0 Å². The van der Waals surface area contributed by atoms with Gasteiger partial charge in [0.1, 0.15) is 5.75 Å². The van der Waals surface area contributed by atoms with Crippen LogP contribution in [-0.4, -0.2) is 26.9 Å². The van der Waals surface area contributed by atoms with Crippen molar-refractivity contribution in [3.63, 3.8) is 0 Å². The maximum absolute atomic E-state index is 5.74. The van der Waals surface area contributed by atoms with E-state index in [-0.39, 0.29) is 11.6 Å². The van der Waals surface area contributed by atoms with Gasteiger partial charge in [0.25, 0.3) is 0 Å². The minimum atomic E-state index is 0.0427. The molecule has 1 fully saturated rings. The lowest BCUT2D eigenvalue weighted by Crippen LogP contribution is -2.42. The van der Waals surface area contributed by atoms with Crippen molar-refractivity contribution in [1.82, 2.24) is 5.32 Å². The first kappa shape index (κ1) is 14.8. The fourth-order valence-electron chi connectivity index (χ4n) is 2.78. The summed E-state index contributed by atoms with van der Waals surface area (Å²) in [7, 11) is 5.53. The average molecular weight is 328 g/mol. The van der Waals surface area contributed by atoms with Gasteiger partial charge >= 0.3 is 0 Å². The van der Waals surface area contributed by atoms with Crippen LogP contribution in [-0.2, 0) is 4.74 Å². The largest absolute Gasteiger partial charge is 0.496 e. The van der Waals surface area contributed by atoms with Crippen LogP contribution in [0.3, 0.4) is 0 Å². The van der Waals surface area contributed by atoms with Crippen molar-refractivity contribution < 1.29 is 9.47 Å². The maximum atomic E-state index is 5.74. The van der Waals surface area contributed by atoms with Gasteiger partial charge in [-0.3, -0.25) is 0 Å². The van der Waals surface area contributed by atoms with Gasteiger partial charge in [-0.25, -0.2) is 0 Å². The van der Waals surface area contributed by atoms with E-state index in [0.29, 0.717) is 0 Å². The van der Waals surface area contributed by atoms with Crippen LogP contribution in [0.4, 0.5) is 0 Å². The zero-order chi connectivity index (χ0) is 13.9. The Hall–Kier alpha value is -0.580. The number of hydrogen-bond acceptors (Lipinski definition) is 3. The second kappa shape index (κ2) is 6.25. The van der Waals surface area contributed by atoms with Crippen molar-refractivity contribution in [3.8, 4) is 5.75 Å². The van der Waals surface area contributed by atoms with E-state index >= 15 is 0 Å². The Labute approximate surface area is 123 Å². The molecule has 0 aliphatic heterocycles. The smallest absolute Gasteiger partial charge is 0.123 e. The number of rotatable bonds is 6. The summed E-state index contributed by atoms with van der Waals surface area (Å²) in [6.45, 7) is 0. The zero-order valence-electron chi connectivity index (χ0n) is 11.8. The Morgan fingerprint density at radius 2 is 2.11 bits per heavy atom. The number of nitrogens with one attached hydrogen (secondary N) is 1. The van der Waals surface area contributed by atoms with E-state index in [4.69, 9.17) is 9.47 Å². The average Bonchev–Trinajstić information content (AvgIpc) is 2.38. The van der Waals surface area contributed by atoms with Gasteiger partial charge in [-0.15, -0.1) is 0 Å². The Balaban J connectivity index is 2.23. The van der Waals surface area contributed by atoms with Crippen molar-refractivity contribution >= 4 is 15.9 Å². The highest BCUT2D eigenvalue weighted by molar-refractivity contribution is 9.10. The van der Waals surface area contributed by atoms with Gasteiger partial charge < -0.3 is 14.8 Å². The standard InChI is InChI=1S/C15H22BrNO2/c1-17-13(10-15(19-3)7-4-8-15)12-9-11(16)5-6-14(12)18-2/h5-6,9,13,17H,4,7-8,10H2,1-3H3. The van der Waals surface area contributed by atoms with Crippen LogP contribution >= 0.6 is 15.9 Å². The van der Waals surface area contributed by atoms with Crippen LogP contribution in [0.2, 0.25) is 0 Å². The van der Waals surface area contributed by atoms with Gasteiger partial charge in [0.2, 0.25) is 0 Å². The molecule has 1 N–H and O–H groups in total. The predicted octanol–water partition coefficient (Wildman–Crippen LogP) is 3.68. The summed E-state index contributed by atoms with van der Waals surface area (Å²) in [4.78, 5) is 0. The molecule has 1 aromatic rings. The second-order valence-electron chi connectivity index (χ2n) is 5.17. The molecule has 3 nitrogen and oxygen atoms in total. The molecule has 1 atom stereocenters. The van der Waals surface area contributed by atoms with Crippen molar-refractivity contribution in [2.75, 3.05) is 21.3 Å². The first-order valence-corrected chi connectivity index (χ1v) is 7.49. The Bertz CT molecular complexity index is 427. The summed E-state index contributed by atoms with van der Waals surface area (Å²) in [6.07, 6.45) is 4.54. The number of methoxy groups -OCH3 is 2. The summed E-state index contributed by atoms with van der Waals surface area (Å²) >= 11 is 3.54. The summed E-state index contributed by atoms with van der Waals surface area (Å²) in [5.41, 5.74) is 1.23. The van der Waals surface area contributed by atoms with Gasteiger partial charge in [-0.05, 0) is 50.9 Å². The molecule has 2 rings (SSSR count). The topological polar surface area (TPSA) is 30.5 Å². The third-order valence-corrected chi connectivity index (χ3v) is 4.68. The zero-order valence-corrected chi connectivity index (χ0v) is 13.4. The van der Waals surface area contributed by atoms with Crippen molar-refractivity contribution in [3.05, 3.63) is 28.2 Å². The van der Waals surface area contributed by atoms with Crippen LogP contribution in [0.15, 0.2) is 22.7 Å². The highest BCUT2D eigenvalue weighted by atomic mass is 79.9. The SMILES string of the molecule is CNC(CC1(OC)CCC1)c1cc(Br)ccc1OC. The first-order valence-electron chi connectivity index (χ1n) is 6.70. The summed E-state index contributed by atoms with van der Waals surface area (Å²) in [6, 6.07) is 6.38. The lowest BCUT2D eigenvalue weighted by molar-refractivity contribution is -0.0835. The molecule has 0 aromatic heterocycles. The first-order chi connectivity index (χ1) is 9.14. The molecule has 0 radical (unpaired) electrons. The molecule has 0 spiro atoms. The Morgan fingerprint density at radius 3 is 2.58 bits per heavy atom. The highest BCUT2D eigenvalue weighted by Gasteiger charge is 2.39. The summed E-state index contributed by atoms with van der Waals surface area (Å²) < 4.78 is 12.3. The molecule has 19 heavy (non-hydrogen) atoms. The lowest BCUT2D eigenvalue weighted by atomic mass is 9.74.